The second kappa shape index (κ2) is 3.70. The summed E-state index contributed by atoms with van der Waals surface area (Å²) in [5, 5.41) is 19.6. The smallest absolute Gasteiger partial charge is 0.333 e. The van der Waals surface area contributed by atoms with Crippen LogP contribution in [0.4, 0.5) is 11.5 Å². The van der Waals surface area contributed by atoms with Gasteiger partial charge in [-0.15, -0.1) is 6.58 Å². The minimum Gasteiger partial charge on any atom is -0.359 e. The predicted octanol–water partition coefficient (Wildman–Crippen LogP) is 1.22. The Labute approximate surface area is 74.8 Å². The lowest BCUT2D eigenvalue weighted by Crippen LogP contribution is -2.01. The lowest BCUT2D eigenvalue weighted by atomic mass is 10.4. The normalized spacial score (nSPS) is 9.62. The number of nitrogens with zero attached hydrogens (tertiary/aromatic N) is 2. The third-order valence-electron chi connectivity index (χ3n) is 1.51. The summed E-state index contributed by atoms with van der Waals surface area (Å²) in [5.74, 6) is 0.252. The van der Waals surface area contributed by atoms with E-state index in [0.717, 1.165) is 0 Å². The second-order valence-electron chi connectivity index (χ2n) is 2.47. The zero-order chi connectivity index (χ0) is 9.84. The minimum absolute atomic E-state index is 0.0122. The van der Waals surface area contributed by atoms with Gasteiger partial charge in [0, 0.05) is 6.54 Å². The summed E-state index contributed by atoms with van der Waals surface area (Å²) in [7, 11) is 0. The molecule has 0 unspecified atom stereocenters. The maximum Gasteiger partial charge on any atom is 0.333 e. The first-order chi connectivity index (χ1) is 6.16. The Morgan fingerprint density at radius 1 is 1.85 bits per heavy atom. The summed E-state index contributed by atoms with van der Waals surface area (Å²) in [6, 6.07) is 0. The summed E-state index contributed by atoms with van der Waals surface area (Å²) in [6.07, 6.45) is 1.60. The molecular formula is C7H10N4O2. The minimum atomic E-state index is -0.468. The van der Waals surface area contributed by atoms with E-state index in [2.05, 4.69) is 22.1 Å². The number of nitro groups is 1. The van der Waals surface area contributed by atoms with E-state index in [1.807, 2.05) is 0 Å². The van der Waals surface area contributed by atoms with Gasteiger partial charge >= 0.3 is 5.69 Å². The molecule has 0 radical (unpaired) electrons. The Bertz CT molecular complexity index is 331. The molecule has 1 aromatic rings. The fourth-order valence-electron chi connectivity index (χ4n) is 0.939. The molecular weight excluding hydrogens is 172 g/mol. The van der Waals surface area contributed by atoms with Gasteiger partial charge in [-0.1, -0.05) is 6.08 Å². The van der Waals surface area contributed by atoms with Crippen molar-refractivity contribution in [3.05, 3.63) is 28.5 Å². The molecule has 1 rings (SSSR count). The lowest BCUT2D eigenvalue weighted by Gasteiger charge is -1.96. The third-order valence-corrected chi connectivity index (χ3v) is 1.51. The summed E-state index contributed by atoms with van der Waals surface area (Å²) < 4.78 is 0. The van der Waals surface area contributed by atoms with Crippen LogP contribution in [0.1, 0.15) is 5.69 Å². The fourth-order valence-corrected chi connectivity index (χ4v) is 0.939. The summed E-state index contributed by atoms with van der Waals surface area (Å²) in [4.78, 5) is 10.1. The van der Waals surface area contributed by atoms with Gasteiger partial charge in [-0.25, -0.2) is 0 Å². The van der Waals surface area contributed by atoms with Crippen molar-refractivity contribution in [1.82, 2.24) is 10.2 Å². The van der Waals surface area contributed by atoms with Crippen molar-refractivity contribution in [3.63, 3.8) is 0 Å². The van der Waals surface area contributed by atoms with Gasteiger partial charge in [0.15, 0.2) is 0 Å². The number of H-pyrrole nitrogens is 1. The van der Waals surface area contributed by atoms with Crippen LogP contribution in [0.3, 0.4) is 0 Å². The zero-order valence-corrected chi connectivity index (χ0v) is 7.20. The van der Waals surface area contributed by atoms with Crippen molar-refractivity contribution in [2.24, 2.45) is 0 Å². The van der Waals surface area contributed by atoms with Crippen molar-refractivity contribution >= 4 is 11.5 Å². The molecule has 0 aliphatic carbocycles. The molecule has 6 nitrogen and oxygen atoms in total. The van der Waals surface area contributed by atoms with Crippen molar-refractivity contribution in [3.8, 4) is 0 Å². The molecule has 0 spiro atoms. The van der Waals surface area contributed by atoms with Gasteiger partial charge in [-0.05, 0) is 6.92 Å². The van der Waals surface area contributed by atoms with Gasteiger partial charge in [-0.2, -0.15) is 5.10 Å². The lowest BCUT2D eigenvalue weighted by molar-refractivity contribution is -0.384. The highest BCUT2D eigenvalue weighted by molar-refractivity contribution is 5.58. The van der Waals surface area contributed by atoms with Gasteiger partial charge in [0.2, 0.25) is 5.82 Å². The highest BCUT2D eigenvalue weighted by Gasteiger charge is 2.20. The molecule has 2 N–H and O–H groups in total. The first kappa shape index (κ1) is 9.24. The number of aromatic nitrogens is 2. The Kier molecular flexibility index (Phi) is 2.63. The fraction of sp³-hybridized carbons (Fsp3) is 0.286. The van der Waals surface area contributed by atoms with E-state index < -0.39 is 4.92 Å². The quantitative estimate of drug-likeness (QED) is 0.416. The van der Waals surface area contributed by atoms with Crippen LogP contribution in [0.2, 0.25) is 0 Å². The van der Waals surface area contributed by atoms with E-state index in [1.54, 1.807) is 13.0 Å². The predicted molar refractivity (Wildman–Crippen MR) is 48.7 cm³/mol. The van der Waals surface area contributed by atoms with E-state index in [1.165, 1.54) is 0 Å². The number of hydrogen-bond donors (Lipinski definition) is 2. The SMILES string of the molecule is C=CCNc1n[nH]c(C)c1[N+](=O)[O-]. The van der Waals surface area contributed by atoms with Crippen LogP contribution in [0, 0.1) is 17.0 Å². The van der Waals surface area contributed by atoms with Crippen molar-refractivity contribution in [2.45, 2.75) is 6.92 Å². The van der Waals surface area contributed by atoms with Gasteiger partial charge in [0.1, 0.15) is 5.69 Å². The number of aromatic amines is 1. The molecule has 0 aromatic carbocycles. The van der Waals surface area contributed by atoms with Gasteiger partial charge in [-0.3, -0.25) is 15.2 Å². The van der Waals surface area contributed by atoms with Crippen LogP contribution in [-0.2, 0) is 0 Å². The molecule has 70 valence electrons. The largest absolute Gasteiger partial charge is 0.359 e. The summed E-state index contributed by atoms with van der Waals surface area (Å²) in [5.41, 5.74) is 0.429. The van der Waals surface area contributed by atoms with Crippen LogP contribution in [0.25, 0.3) is 0 Å². The summed E-state index contributed by atoms with van der Waals surface area (Å²) >= 11 is 0. The number of rotatable bonds is 4. The monoisotopic (exact) mass is 182 g/mol. The van der Waals surface area contributed by atoms with E-state index in [0.29, 0.717) is 12.2 Å². The van der Waals surface area contributed by atoms with Gasteiger partial charge in [0.25, 0.3) is 0 Å². The highest BCUT2D eigenvalue weighted by atomic mass is 16.6. The van der Waals surface area contributed by atoms with Crippen LogP contribution in [0.5, 0.6) is 0 Å². The maximum absolute atomic E-state index is 10.5. The Hall–Kier alpha value is -1.85. The standard InChI is InChI=1S/C7H10N4O2/c1-3-4-8-7-6(11(12)13)5(2)9-10-7/h3H,1,4H2,2H3,(H2,8,9,10). The van der Waals surface area contributed by atoms with Crippen LogP contribution < -0.4 is 5.32 Å². The van der Waals surface area contributed by atoms with Crippen LogP contribution in [-0.4, -0.2) is 21.7 Å². The summed E-state index contributed by atoms with van der Waals surface area (Å²) in [6.45, 7) is 5.54. The van der Waals surface area contributed by atoms with E-state index >= 15 is 0 Å². The topological polar surface area (TPSA) is 83.8 Å². The number of hydrogen-bond acceptors (Lipinski definition) is 4. The van der Waals surface area contributed by atoms with Crippen LogP contribution >= 0.6 is 0 Å². The molecule has 0 amide bonds. The molecule has 0 aliphatic rings. The molecule has 0 atom stereocenters. The van der Waals surface area contributed by atoms with Crippen molar-refractivity contribution in [1.29, 1.82) is 0 Å². The molecule has 0 aliphatic heterocycles. The molecule has 6 heteroatoms. The van der Waals surface area contributed by atoms with Gasteiger partial charge < -0.3 is 5.32 Å². The Balaban J connectivity index is 2.93. The first-order valence-electron chi connectivity index (χ1n) is 3.71. The first-order valence-corrected chi connectivity index (χ1v) is 3.71. The molecule has 0 fully saturated rings. The number of aryl methyl sites for hydroxylation is 1. The van der Waals surface area contributed by atoms with E-state index in [9.17, 15) is 10.1 Å². The highest BCUT2D eigenvalue weighted by Crippen LogP contribution is 2.24. The van der Waals surface area contributed by atoms with E-state index in [-0.39, 0.29) is 11.5 Å². The zero-order valence-electron chi connectivity index (χ0n) is 7.20. The molecule has 1 aromatic heterocycles. The third kappa shape index (κ3) is 1.84. The number of anilines is 1. The molecule has 0 bridgehead atoms. The Morgan fingerprint density at radius 3 is 3.08 bits per heavy atom. The van der Waals surface area contributed by atoms with Crippen molar-refractivity contribution in [2.75, 3.05) is 11.9 Å². The molecule has 13 heavy (non-hydrogen) atoms. The maximum atomic E-state index is 10.5. The average molecular weight is 182 g/mol. The van der Waals surface area contributed by atoms with E-state index in [4.69, 9.17) is 0 Å². The molecule has 0 saturated heterocycles. The second-order valence-corrected chi connectivity index (χ2v) is 2.47. The Morgan fingerprint density at radius 2 is 2.54 bits per heavy atom. The molecule has 1 heterocycles. The molecule has 0 saturated carbocycles. The average Bonchev–Trinajstić information content (AvgIpc) is 2.43. The van der Waals surface area contributed by atoms with Gasteiger partial charge in [0.05, 0.1) is 4.92 Å². The number of nitrogens with one attached hydrogen (secondary N) is 2. The van der Waals surface area contributed by atoms with Crippen molar-refractivity contribution < 1.29 is 4.92 Å². The van der Waals surface area contributed by atoms with Crippen LogP contribution in [0.15, 0.2) is 12.7 Å².